The lowest BCUT2D eigenvalue weighted by atomic mass is 10.0. The first-order valence-electron chi connectivity index (χ1n) is 6.45. The minimum atomic E-state index is -0.255. The van der Waals surface area contributed by atoms with Gasteiger partial charge in [-0.15, -0.1) is 0 Å². The summed E-state index contributed by atoms with van der Waals surface area (Å²) in [7, 11) is 0. The molecule has 2 aromatic rings. The van der Waals surface area contributed by atoms with Gasteiger partial charge in [-0.2, -0.15) is 0 Å². The Labute approximate surface area is 117 Å². The summed E-state index contributed by atoms with van der Waals surface area (Å²) in [5.41, 5.74) is 2.66. The summed E-state index contributed by atoms with van der Waals surface area (Å²) in [6.45, 7) is 4.59. The molecule has 2 nitrogen and oxygen atoms in total. The zero-order valence-electron chi connectivity index (χ0n) is 10.9. The van der Waals surface area contributed by atoms with Crippen molar-refractivity contribution in [3.8, 4) is 0 Å². The Morgan fingerprint density at radius 3 is 2.50 bits per heavy atom. The summed E-state index contributed by atoms with van der Waals surface area (Å²) in [4.78, 5) is 4.41. The lowest BCUT2D eigenvalue weighted by Gasteiger charge is -2.14. The Balaban J connectivity index is 1.73. The number of aliphatic imine (C=N–C) groups is 1. The highest BCUT2D eigenvalue weighted by atomic mass is 19.1. The Hall–Kier alpha value is -2.42. The van der Waals surface area contributed by atoms with Crippen molar-refractivity contribution in [3.05, 3.63) is 78.1 Å². The molecule has 0 aliphatic carbocycles. The van der Waals surface area contributed by atoms with Gasteiger partial charge in [-0.1, -0.05) is 36.9 Å². The van der Waals surface area contributed by atoms with E-state index in [2.05, 4.69) is 11.6 Å². The lowest BCUT2D eigenvalue weighted by molar-refractivity contribution is 0.284. The Kier molecular flexibility index (Phi) is 3.33. The van der Waals surface area contributed by atoms with Crippen LogP contribution in [0.5, 0.6) is 0 Å². The van der Waals surface area contributed by atoms with Crippen LogP contribution in [0.15, 0.2) is 66.2 Å². The van der Waals surface area contributed by atoms with Crippen LogP contribution in [-0.4, -0.2) is 18.5 Å². The van der Waals surface area contributed by atoms with Gasteiger partial charge in [0, 0.05) is 5.56 Å². The van der Waals surface area contributed by atoms with Crippen LogP contribution >= 0.6 is 0 Å². The molecule has 0 N–H and O–H groups in total. The van der Waals surface area contributed by atoms with Crippen LogP contribution in [0.25, 0.3) is 5.57 Å². The molecule has 0 spiro atoms. The molecule has 0 fully saturated rings. The van der Waals surface area contributed by atoms with Crippen molar-refractivity contribution in [3.63, 3.8) is 0 Å². The fourth-order valence-electron chi connectivity index (χ4n) is 2.15. The molecule has 100 valence electrons. The van der Waals surface area contributed by atoms with E-state index in [0.717, 1.165) is 16.7 Å². The van der Waals surface area contributed by atoms with Crippen LogP contribution in [0.1, 0.15) is 11.1 Å². The number of rotatable bonds is 3. The van der Waals surface area contributed by atoms with E-state index in [1.54, 1.807) is 12.1 Å². The topological polar surface area (TPSA) is 21.6 Å². The van der Waals surface area contributed by atoms with Crippen molar-refractivity contribution in [2.75, 3.05) is 6.54 Å². The van der Waals surface area contributed by atoms with Crippen LogP contribution in [0.3, 0.4) is 0 Å². The van der Waals surface area contributed by atoms with E-state index in [1.165, 1.54) is 12.1 Å². The predicted molar refractivity (Wildman–Crippen MR) is 78.2 cm³/mol. The minimum absolute atomic E-state index is 0.185. The molecule has 3 rings (SSSR count). The smallest absolute Gasteiger partial charge is 0.216 e. The maximum Gasteiger partial charge on any atom is 0.216 e. The number of hydrogen-bond donors (Lipinski definition) is 0. The molecule has 0 saturated heterocycles. The fraction of sp³-hybridized carbons (Fsp3) is 0.118. The Morgan fingerprint density at radius 2 is 1.80 bits per heavy atom. The molecule has 0 bridgehead atoms. The van der Waals surface area contributed by atoms with Crippen molar-refractivity contribution in [1.82, 2.24) is 0 Å². The predicted octanol–water partition coefficient (Wildman–Crippen LogP) is 3.68. The second kappa shape index (κ2) is 5.29. The van der Waals surface area contributed by atoms with Gasteiger partial charge >= 0.3 is 0 Å². The van der Waals surface area contributed by atoms with E-state index in [-0.39, 0.29) is 11.9 Å². The van der Waals surface area contributed by atoms with Crippen molar-refractivity contribution < 1.29 is 9.13 Å². The molecule has 0 radical (unpaired) electrons. The zero-order valence-corrected chi connectivity index (χ0v) is 10.9. The Bertz CT molecular complexity index is 646. The highest BCUT2D eigenvalue weighted by Crippen LogP contribution is 2.24. The highest BCUT2D eigenvalue weighted by molar-refractivity contribution is 5.96. The number of hydrogen-bond acceptors (Lipinski definition) is 2. The fourth-order valence-corrected chi connectivity index (χ4v) is 2.15. The lowest BCUT2D eigenvalue weighted by Crippen LogP contribution is -2.15. The third-order valence-corrected chi connectivity index (χ3v) is 3.28. The van der Waals surface area contributed by atoms with E-state index in [0.29, 0.717) is 12.4 Å². The molecule has 0 amide bonds. The average molecular weight is 267 g/mol. The van der Waals surface area contributed by atoms with Crippen molar-refractivity contribution >= 4 is 11.5 Å². The van der Waals surface area contributed by atoms with Gasteiger partial charge in [0.05, 0.1) is 6.54 Å². The molecule has 1 aliphatic heterocycles. The van der Waals surface area contributed by atoms with Gasteiger partial charge in [-0.3, -0.25) is 0 Å². The van der Waals surface area contributed by atoms with Gasteiger partial charge < -0.3 is 4.74 Å². The largest absolute Gasteiger partial charge is 0.467 e. The van der Waals surface area contributed by atoms with Crippen molar-refractivity contribution in [2.45, 2.75) is 6.10 Å². The standard InChI is InChI=1S/C17H14FNO/c1-12(13-7-9-15(18)10-8-13)16-11-19-17(20-16)14-5-3-2-4-6-14/h2-10,16H,1,11H2. The van der Waals surface area contributed by atoms with Crippen LogP contribution in [-0.2, 0) is 4.74 Å². The molecule has 2 aromatic carbocycles. The van der Waals surface area contributed by atoms with Gasteiger partial charge in [-0.05, 0) is 35.4 Å². The van der Waals surface area contributed by atoms with Gasteiger partial charge in [0.15, 0.2) is 0 Å². The molecular formula is C17H14FNO. The molecule has 3 heteroatoms. The molecule has 20 heavy (non-hydrogen) atoms. The van der Waals surface area contributed by atoms with Crippen LogP contribution in [0, 0.1) is 5.82 Å². The van der Waals surface area contributed by atoms with E-state index in [9.17, 15) is 4.39 Å². The van der Waals surface area contributed by atoms with Gasteiger partial charge in [0.25, 0.3) is 0 Å². The number of benzene rings is 2. The van der Waals surface area contributed by atoms with E-state index >= 15 is 0 Å². The maximum absolute atomic E-state index is 12.9. The maximum atomic E-state index is 12.9. The number of halogens is 1. The Morgan fingerprint density at radius 1 is 1.10 bits per heavy atom. The normalized spacial score (nSPS) is 17.4. The number of nitrogens with zero attached hydrogens (tertiary/aromatic N) is 1. The summed E-state index contributed by atoms with van der Waals surface area (Å²) in [5.74, 6) is 0.383. The summed E-state index contributed by atoms with van der Waals surface area (Å²) in [6.07, 6.45) is -0.185. The molecule has 1 aliphatic rings. The molecule has 1 heterocycles. The second-order valence-electron chi connectivity index (χ2n) is 4.65. The van der Waals surface area contributed by atoms with Crippen molar-refractivity contribution in [2.24, 2.45) is 4.99 Å². The second-order valence-corrected chi connectivity index (χ2v) is 4.65. The molecule has 1 unspecified atom stereocenters. The molecular weight excluding hydrogens is 253 g/mol. The number of ether oxygens (including phenoxy) is 1. The van der Waals surface area contributed by atoms with Crippen LogP contribution < -0.4 is 0 Å². The first-order valence-corrected chi connectivity index (χ1v) is 6.45. The summed E-state index contributed by atoms with van der Waals surface area (Å²) < 4.78 is 18.8. The average Bonchev–Trinajstić information content (AvgIpc) is 2.98. The summed E-state index contributed by atoms with van der Waals surface area (Å²) >= 11 is 0. The summed E-state index contributed by atoms with van der Waals surface area (Å²) in [6, 6.07) is 16.0. The van der Waals surface area contributed by atoms with Crippen LogP contribution in [0.2, 0.25) is 0 Å². The minimum Gasteiger partial charge on any atom is -0.467 e. The van der Waals surface area contributed by atoms with Gasteiger partial charge in [-0.25, -0.2) is 9.38 Å². The first-order chi connectivity index (χ1) is 9.74. The third-order valence-electron chi connectivity index (χ3n) is 3.28. The molecule has 1 atom stereocenters. The third kappa shape index (κ3) is 2.48. The van der Waals surface area contributed by atoms with E-state index in [4.69, 9.17) is 4.74 Å². The summed E-state index contributed by atoms with van der Waals surface area (Å²) in [5, 5.41) is 0. The van der Waals surface area contributed by atoms with Crippen LogP contribution in [0.4, 0.5) is 4.39 Å². The van der Waals surface area contributed by atoms with E-state index in [1.807, 2.05) is 30.3 Å². The highest BCUT2D eigenvalue weighted by Gasteiger charge is 2.24. The monoisotopic (exact) mass is 267 g/mol. The first kappa shape index (κ1) is 12.6. The zero-order chi connectivity index (χ0) is 13.9. The SMILES string of the molecule is C=C(c1ccc(F)cc1)C1CN=C(c2ccccc2)O1. The quantitative estimate of drug-likeness (QED) is 0.831. The van der Waals surface area contributed by atoms with E-state index < -0.39 is 0 Å². The van der Waals surface area contributed by atoms with Gasteiger partial charge in [0.2, 0.25) is 5.90 Å². The molecule has 0 aromatic heterocycles. The van der Waals surface area contributed by atoms with Crippen molar-refractivity contribution in [1.29, 1.82) is 0 Å². The molecule has 0 saturated carbocycles. The van der Waals surface area contributed by atoms with Gasteiger partial charge in [0.1, 0.15) is 11.9 Å².